The normalized spacial score (nSPS) is 16.2. The monoisotopic (exact) mass is 448 g/mol. The van der Waals surface area contributed by atoms with Gasteiger partial charge in [0.15, 0.2) is 0 Å². The Labute approximate surface area is 192 Å². The number of hydrogen-bond donors (Lipinski definition) is 1. The Kier molecular flexibility index (Phi) is 5.68. The maximum atomic E-state index is 13.1. The third-order valence-electron chi connectivity index (χ3n) is 6.13. The molecule has 2 aliphatic rings. The van der Waals surface area contributed by atoms with Gasteiger partial charge in [-0.15, -0.1) is 0 Å². The number of carbonyl (C=O) groups is 1. The minimum Gasteiger partial charge on any atom is -0.368 e. The Hall–Kier alpha value is -3.16. The van der Waals surface area contributed by atoms with E-state index in [1.54, 1.807) is 18.6 Å². The molecule has 5 rings (SSSR count). The van der Waals surface area contributed by atoms with Gasteiger partial charge in [0.2, 0.25) is 0 Å². The van der Waals surface area contributed by atoms with Crippen LogP contribution < -0.4 is 15.1 Å². The second-order valence-corrected chi connectivity index (χ2v) is 8.63. The molecule has 0 atom stereocenters. The molecule has 0 aliphatic carbocycles. The van der Waals surface area contributed by atoms with Gasteiger partial charge in [0.25, 0.3) is 0 Å². The summed E-state index contributed by atoms with van der Waals surface area (Å²) in [5.74, 6) is 0. The molecule has 1 saturated heterocycles. The molecule has 8 heteroatoms. The van der Waals surface area contributed by atoms with Crippen LogP contribution in [0.15, 0.2) is 55.0 Å². The molecule has 0 bridgehead atoms. The third kappa shape index (κ3) is 4.13. The van der Waals surface area contributed by atoms with Crippen molar-refractivity contribution in [3.8, 4) is 11.3 Å². The lowest BCUT2D eigenvalue weighted by atomic mass is 10.1. The van der Waals surface area contributed by atoms with Crippen LogP contribution in [0.4, 0.5) is 21.9 Å². The van der Waals surface area contributed by atoms with E-state index in [-0.39, 0.29) is 6.03 Å². The first-order chi connectivity index (χ1) is 15.6. The van der Waals surface area contributed by atoms with Crippen molar-refractivity contribution >= 4 is 34.7 Å². The summed E-state index contributed by atoms with van der Waals surface area (Å²) in [6.07, 6.45) is 5.84. The predicted molar refractivity (Wildman–Crippen MR) is 129 cm³/mol. The molecule has 1 fully saturated rings. The fourth-order valence-electron chi connectivity index (χ4n) is 4.26. The number of anilines is 3. The molecule has 32 heavy (non-hydrogen) atoms. The Balaban J connectivity index is 1.32. The molecule has 3 aromatic rings. The summed E-state index contributed by atoms with van der Waals surface area (Å²) in [5, 5.41) is 3.78. The number of nitrogens with one attached hydrogen (secondary N) is 1. The van der Waals surface area contributed by atoms with Crippen molar-refractivity contribution in [1.29, 1.82) is 0 Å². The van der Waals surface area contributed by atoms with Gasteiger partial charge in [0.05, 0.1) is 28.3 Å². The molecule has 1 N–H and O–H groups in total. The molecular weight excluding hydrogens is 424 g/mol. The number of fused-ring (bicyclic) bond motifs is 1. The van der Waals surface area contributed by atoms with E-state index in [1.165, 1.54) is 0 Å². The van der Waals surface area contributed by atoms with Crippen LogP contribution >= 0.6 is 11.6 Å². The number of halogens is 1. The molecule has 1 aromatic heterocycles. The van der Waals surface area contributed by atoms with Gasteiger partial charge in [0, 0.05) is 56.4 Å². The number of benzene rings is 2. The number of nitrogens with zero attached hydrogens (tertiary/aromatic N) is 5. The van der Waals surface area contributed by atoms with E-state index >= 15 is 0 Å². The zero-order valence-electron chi connectivity index (χ0n) is 18.0. The average Bonchev–Trinajstić information content (AvgIpc) is 3.23. The van der Waals surface area contributed by atoms with Crippen LogP contribution in [-0.2, 0) is 6.42 Å². The van der Waals surface area contributed by atoms with Gasteiger partial charge in [-0.25, -0.2) is 4.79 Å². The van der Waals surface area contributed by atoms with Gasteiger partial charge in [0.1, 0.15) is 0 Å². The summed E-state index contributed by atoms with van der Waals surface area (Å²) in [6, 6.07) is 11.6. The van der Waals surface area contributed by atoms with Gasteiger partial charge >= 0.3 is 6.03 Å². The average molecular weight is 449 g/mol. The third-order valence-corrected chi connectivity index (χ3v) is 6.43. The largest absolute Gasteiger partial charge is 0.368 e. The first kappa shape index (κ1) is 20.7. The number of aromatic nitrogens is 2. The Morgan fingerprint density at radius 2 is 1.78 bits per heavy atom. The quantitative estimate of drug-likeness (QED) is 0.652. The molecule has 0 radical (unpaired) electrons. The standard InChI is InChI=1S/C24H25ClN6O/c1-29-10-12-30(13-11-29)23-15-22-18(14-20(23)25)6-9-31(22)24(32)28-19-4-2-17(3-5-19)21-16-26-7-8-27-21/h2-5,7-8,14-16H,6,9-13H2,1H3,(H,28,32). The molecule has 0 spiro atoms. The van der Waals surface area contributed by atoms with Crippen molar-refractivity contribution in [2.24, 2.45) is 0 Å². The minimum absolute atomic E-state index is 0.136. The van der Waals surface area contributed by atoms with Crippen LogP contribution in [0.25, 0.3) is 11.3 Å². The molecule has 2 amide bonds. The first-order valence-corrected chi connectivity index (χ1v) is 11.2. The van der Waals surface area contributed by atoms with Crippen molar-refractivity contribution in [1.82, 2.24) is 14.9 Å². The zero-order chi connectivity index (χ0) is 22.1. The predicted octanol–water partition coefficient (Wildman–Crippen LogP) is 4.14. The molecule has 2 aliphatic heterocycles. The summed E-state index contributed by atoms with van der Waals surface area (Å²) in [7, 11) is 2.13. The summed E-state index contributed by atoms with van der Waals surface area (Å²) in [5.41, 5.74) is 5.55. The van der Waals surface area contributed by atoms with E-state index in [2.05, 4.69) is 38.2 Å². The summed E-state index contributed by atoms with van der Waals surface area (Å²) in [4.78, 5) is 27.9. The van der Waals surface area contributed by atoms with E-state index in [0.29, 0.717) is 6.54 Å². The van der Waals surface area contributed by atoms with Crippen molar-refractivity contribution in [2.75, 3.05) is 54.9 Å². The summed E-state index contributed by atoms with van der Waals surface area (Å²) < 4.78 is 0. The highest BCUT2D eigenvalue weighted by Crippen LogP contribution is 2.38. The second-order valence-electron chi connectivity index (χ2n) is 8.22. The number of urea groups is 1. The lowest BCUT2D eigenvalue weighted by Gasteiger charge is -2.35. The Morgan fingerprint density at radius 1 is 1.00 bits per heavy atom. The molecule has 164 valence electrons. The van der Waals surface area contributed by atoms with E-state index < -0.39 is 0 Å². The number of carbonyl (C=O) groups excluding carboxylic acids is 1. The molecular formula is C24H25ClN6O. The van der Waals surface area contributed by atoms with E-state index in [9.17, 15) is 4.79 Å². The van der Waals surface area contributed by atoms with E-state index in [1.807, 2.05) is 35.2 Å². The molecule has 0 unspecified atom stereocenters. The highest BCUT2D eigenvalue weighted by atomic mass is 35.5. The molecule has 0 saturated carbocycles. The van der Waals surface area contributed by atoms with Crippen LogP contribution in [0.1, 0.15) is 5.56 Å². The topological polar surface area (TPSA) is 64.6 Å². The zero-order valence-corrected chi connectivity index (χ0v) is 18.7. The van der Waals surface area contributed by atoms with Crippen LogP contribution in [0.2, 0.25) is 5.02 Å². The Morgan fingerprint density at radius 3 is 2.50 bits per heavy atom. The van der Waals surface area contributed by atoms with Crippen LogP contribution in [0.3, 0.4) is 0 Å². The SMILES string of the molecule is CN1CCN(c2cc3c(cc2Cl)CCN3C(=O)Nc2ccc(-c3cnccn3)cc2)CC1. The highest BCUT2D eigenvalue weighted by Gasteiger charge is 2.28. The van der Waals surface area contributed by atoms with Crippen LogP contribution in [0.5, 0.6) is 0 Å². The number of hydrogen-bond acceptors (Lipinski definition) is 5. The lowest BCUT2D eigenvalue weighted by molar-refractivity contribution is 0.257. The minimum atomic E-state index is -0.136. The maximum absolute atomic E-state index is 13.1. The molecule has 7 nitrogen and oxygen atoms in total. The lowest BCUT2D eigenvalue weighted by Crippen LogP contribution is -2.44. The number of amides is 2. The van der Waals surface area contributed by atoms with Crippen molar-refractivity contribution in [2.45, 2.75) is 6.42 Å². The summed E-state index contributed by atoms with van der Waals surface area (Å²) >= 11 is 6.62. The van der Waals surface area contributed by atoms with Crippen molar-refractivity contribution in [3.05, 3.63) is 65.6 Å². The number of likely N-dealkylation sites (N-methyl/N-ethyl adjacent to an activating group) is 1. The van der Waals surface area contributed by atoms with Crippen LogP contribution in [-0.4, -0.2) is 60.7 Å². The van der Waals surface area contributed by atoms with Crippen molar-refractivity contribution in [3.63, 3.8) is 0 Å². The van der Waals surface area contributed by atoms with Crippen molar-refractivity contribution < 1.29 is 4.79 Å². The van der Waals surface area contributed by atoms with Gasteiger partial charge in [-0.1, -0.05) is 23.7 Å². The van der Waals surface area contributed by atoms with Crippen LogP contribution in [0, 0.1) is 0 Å². The van der Waals surface area contributed by atoms with Gasteiger partial charge in [-0.05, 0) is 43.3 Å². The highest BCUT2D eigenvalue weighted by molar-refractivity contribution is 6.33. The summed E-state index contributed by atoms with van der Waals surface area (Å²) in [6.45, 7) is 4.50. The maximum Gasteiger partial charge on any atom is 0.326 e. The van der Waals surface area contributed by atoms with E-state index in [4.69, 9.17) is 11.6 Å². The fraction of sp³-hybridized carbons (Fsp3) is 0.292. The second kappa shape index (κ2) is 8.76. The smallest absolute Gasteiger partial charge is 0.326 e. The molecule has 3 heterocycles. The van der Waals surface area contributed by atoms with Gasteiger partial charge in [-0.2, -0.15) is 0 Å². The molecule has 2 aromatic carbocycles. The number of rotatable bonds is 3. The fourth-order valence-corrected chi connectivity index (χ4v) is 4.57. The van der Waals surface area contributed by atoms with Gasteiger partial charge in [-0.3, -0.25) is 14.9 Å². The van der Waals surface area contributed by atoms with Gasteiger partial charge < -0.3 is 15.1 Å². The van der Waals surface area contributed by atoms with E-state index in [0.717, 1.165) is 71.5 Å². The first-order valence-electron chi connectivity index (χ1n) is 10.8. The number of piperazine rings is 1. The Bertz CT molecular complexity index is 1110.